The van der Waals surface area contributed by atoms with Crippen molar-refractivity contribution in [1.29, 1.82) is 0 Å². The van der Waals surface area contributed by atoms with Gasteiger partial charge in [0, 0.05) is 26.0 Å². The van der Waals surface area contributed by atoms with Gasteiger partial charge in [-0.25, -0.2) is 0 Å². The van der Waals surface area contributed by atoms with E-state index in [1.54, 1.807) is 0 Å². The van der Waals surface area contributed by atoms with Crippen LogP contribution >= 0.6 is 0 Å². The topological polar surface area (TPSA) is 203 Å². The summed E-state index contributed by atoms with van der Waals surface area (Å²) in [5, 5.41) is 11.2. The first-order valence-electron chi connectivity index (χ1n) is 25.6. The van der Waals surface area contributed by atoms with Gasteiger partial charge in [-0.15, -0.1) is 0 Å². The third-order valence-corrected chi connectivity index (χ3v) is 9.92. The average molecular weight is 970 g/mol. The van der Waals surface area contributed by atoms with Crippen LogP contribution in [0.4, 0.5) is 0 Å². The minimum atomic E-state index is -0.985. The Hall–Kier alpha value is -2.07. The van der Waals surface area contributed by atoms with Crippen LogP contribution in [0.2, 0.25) is 0 Å². The highest BCUT2D eigenvalue weighted by Crippen LogP contribution is 2.14. The largest absolute Gasteiger partial charge is 0.481 e. The van der Waals surface area contributed by atoms with Gasteiger partial charge in [0.25, 0.3) is 0 Å². The van der Waals surface area contributed by atoms with Gasteiger partial charge >= 0.3 is 11.9 Å². The van der Waals surface area contributed by atoms with Crippen LogP contribution in [0, 0.1) is 0 Å². The normalized spacial score (nSPS) is 11.4. The van der Waals surface area contributed by atoms with Crippen LogP contribution in [0.15, 0.2) is 0 Å². The fourth-order valence-electron chi connectivity index (χ4n) is 6.16. The molecular weight excluding hydrogens is 875 g/mol. The van der Waals surface area contributed by atoms with Gasteiger partial charge in [-0.1, -0.05) is 96.8 Å². The quantitative estimate of drug-likeness (QED) is 0.0503. The molecule has 0 aromatic heterocycles. The van der Waals surface area contributed by atoms with E-state index < -0.39 is 5.97 Å². The molecule has 18 heteroatoms. The van der Waals surface area contributed by atoms with Crippen molar-refractivity contribution in [2.75, 3.05) is 172 Å². The SMILES string of the molecule is CCCCCCCCCCCCCCCCCC(=O)OCCOCCOCCOCCOCCOCCOCCOCCOCCOCCOCCOCCOCCCNC(=O)CCC(=O)O. The molecule has 1 amide bonds. The van der Waals surface area contributed by atoms with E-state index in [9.17, 15) is 14.4 Å². The fraction of sp³-hybridized carbons (Fsp3) is 0.939. The molecule has 0 aliphatic rings. The van der Waals surface area contributed by atoms with Crippen molar-refractivity contribution in [3.05, 3.63) is 0 Å². The smallest absolute Gasteiger partial charge is 0.305 e. The predicted octanol–water partition coefficient (Wildman–Crippen LogP) is 6.36. The van der Waals surface area contributed by atoms with E-state index in [-0.39, 0.29) is 31.3 Å². The molecule has 18 nitrogen and oxygen atoms in total. The van der Waals surface area contributed by atoms with E-state index in [4.69, 9.17) is 66.7 Å². The highest BCUT2D eigenvalue weighted by Gasteiger charge is 2.05. The van der Waals surface area contributed by atoms with Gasteiger partial charge in [0.2, 0.25) is 5.91 Å². The van der Waals surface area contributed by atoms with E-state index >= 15 is 0 Å². The maximum Gasteiger partial charge on any atom is 0.305 e. The molecule has 0 aliphatic heterocycles. The van der Waals surface area contributed by atoms with Crippen molar-refractivity contribution in [3.8, 4) is 0 Å². The van der Waals surface area contributed by atoms with Crippen LogP contribution in [-0.4, -0.2) is 195 Å². The Bertz CT molecular complexity index is 1010. The number of carbonyl (C=O) groups is 3. The van der Waals surface area contributed by atoms with Crippen LogP contribution in [0.1, 0.15) is 129 Å². The number of ether oxygens (including phenoxy) is 13. The lowest BCUT2D eigenvalue weighted by Crippen LogP contribution is -2.25. The molecule has 67 heavy (non-hydrogen) atoms. The summed E-state index contributed by atoms with van der Waals surface area (Å²) >= 11 is 0. The molecule has 0 bridgehead atoms. The maximum atomic E-state index is 11.9. The first kappa shape index (κ1) is 64.9. The number of nitrogens with one attached hydrogen (secondary N) is 1. The summed E-state index contributed by atoms with van der Waals surface area (Å²) in [6, 6.07) is 0. The summed E-state index contributed by atoms with van der Waals surface area (Å²) in [6.45, 7) is 14.2. The van der Waals surface area contributed by atoms with E-state index in [0.29, 0.717) is 178 Å². The summed E-state index contributed by atoms with van der Waals surface area (Å²) in [5.74, 6) is -1.39. The third-order valence-electron chi connectivity index (χ3n) is 9.92. The Labute approximate surface area is 404 Å². The number of carboxylic acids is 1. The summed E-state index contributed by atoms with van der Waals surface area (Å²) in [4.78, 5) is 33.8. The molecule has 0 saturated heterocycles. The monoisotopic (exact) mass is 970 g/mol. The van der Waals surface area contributed by atoms with E-state index in [2.05, 4.69) is 12.2 Å². The Morgan fingerprint density at radius 1 is 0.313 bits per heavy atom. The molecule has 0 heterocycles. The zero-order chi connectivity index (χ0) is 48.5. The summed E-state index contributed by atoms with van der Waals surface area (Å²) in [6.07, 6.45) is 20.6. The number of hydrogen-bond acceptors (Lipinski definition) is 16. The van der Waals surface area contributed by atoms with Gasteiger partial charge in [0.05, 0.1) is 158 Å². The van der Waals surface area contributed by atoms with Crippen molar-refractivity contribution in [3.63, 3.8) is 0 Å². The van der Waals surface area contributed by atoms with Gasteiger partial charge in [-0.05, 0) is 12.8 Å². The second-order valence-corrected chi connectivity index (χ2v) is 15.9. The lowest BCUT2D eigenvalue weighted by molar-refractivity contribution is -0.145. The highest BCUT2D eigenvalue weighted by atomic mass is 16.6. The molecule has 0 radical (unpaired) electrons. The molecule has 0 atom stereocenters. The third kappa shape index (κ3) is 60.0. The average Bonchev–Trinajstić information content (AvgIpc) is 3.32. The first-order chi connectivity index (χ1) is 33.1. The van der Waals surface area contributed by atoms with Crippen molar-refractivity contribution < 1.29 is 81.1 Å². The summed E-state index contributed by atoms with van der Waals surface area (Å²) < 4.78 is 71.1. The summed E-state index contributed by atoms with van der Waals surface area (Å²) in [7, 11) is 0. The number of unbranched alkanes of at least 4 members (excludes halogenated alkanes) is 14. The number of hydrogen-bond donors (Lipinski definition) is 2. The summed E-state index contributed by atoms with van der Waals surface area (Å²) in [5.41, 5.74) is 0. The van der Waals surface area contributed by atoms with Crippen LogP contribution in [0.5, 0.6) is 0 Å². The number of aliphatic carboxylic acids is 1. The minimum Gasteiger partial charge on any atom is -0.481 e. The van der Waals surface area contributed by atoms with E-state index in [1.807, 2.05) is 0 Å². The standard InChI is InChI=1S/C49H95NO17/c1-2-3-4-5-6-7-8-9-10-11-12-13-14-15-16-18-49(54)67-46-45-66-44-43-65-42-41-64-40-39-63-38-37-62-36-35-61-34-33-60-32-31-59-30-29-58-28-27-57-26-25-56-24-23-55-22-17-21-50-47(51)19-20-48(52)53/h2-46H2,1H3,(H,50,51)(H,52,53). The van der Waals surface area contributed by atoms with Crippen LogP contribution in [0.3, 0.4) is 0 Å². The molecule has 0 rings (SSSR count). The molecule has 2 N–H and O–H groups in total. The Kier molecular flexibility index (Phi) is 56.4. The lowest BCUT2D eigenvalue weighted by Gasteiger charge is -2.09. The molecule has 398 valence electrons. The number of carboxylic acid groups (broad SMARTS) is 1. The highest BCUT2D eigenvalue weighted by molar-refractivity contribution is 5.80. The molecule has 0 aromatic rings. The molecular formula is C49H95NO17. The molecule has 0 spiro atoms. The number of esters is 1. The van der Waals surface area contributed by atoms with Gasteiger partial charge < -0.3 is 72.0 Å². The van der Waals surface area contributed by atoms with Gasteiger partial charge in [-0.2, -0.15) is 0 Å². The van der Waals surface area contributed by atoms with Crippen LogP contribution < -0.4 is 5.32 Å². The number of carbonyl (C=O) groups excluding carboxylic acids is 2. The second kappa shape index (κ2) is 58.2. The minimum absolute atomic E-state index is 0.0138. The lowest BCUT2D eigenvalue weighted by atomic mass is 10.0. The maximum absolute atomic E-state index is 11.9. The molecule has 0 aliphatic carbocycles. The van der Waals surface area contributed by atoms with Crippen molar-refractivity contribution in [2.45, 2.75) is 129 Å². The Balaban J connectivity index is 3.14. The number of rotatable bonds is 59. The predicted molar refractivity (Wildman–Crippen MR) is 255 cm³/mol. The Morgan fingerprint density at radius 2 is 0.582 bits per heavy atom. The first-order valence-corrected chi connectivity index (χ1v) is 25.6. The molecule has 0 unspecified atom stereocenters. The van der Waals surface area contributed by atoms with Gasteiger partial charge in [-0.3, -0.25) is 14.4 Å². The zero-order valence-electron chi connectivity index (χ0n) is 41.8. The van der Waals surface area contributed by atoms with Gasteiger partial charge in [0.1, 0.15) is 6.61 Å². The van der Waals surface area contributed by atoms with Crippen molar-refractivity contribution in [2.24, 2.45) is 0 Å². The van der Waals surface area contributed by atoms with Crippen molar-refractivity contribution >= 4 is 17.8 Å². The molecule has 0 aromatic carbocycles. The van der Waals surface area contributed by atoms with Crippen molar-refractivity contribution in [1.82, 2.24) is 5.32 Å². The Morgan fingerprint density at radius 3 is 0.881 bits per heavy atom. The van der Waals surface area contributed by atoms with Crippen LogP contribution in [-0.2, 0) is 76.0 Å². The zero-order valence-corrected chi connectivity index (χ0v) is 41.8. The molecule has 0 fully saturated rings. The van der Waals surface area contributed by atoms with E-state index in [0.717, 1.165) is 12.8 Å². The second-order valence-electron chi connectivity index (χ2n) is 15.9. The van der Waals surface area contributed by atoms with Gasteiger partial charge in [0.15, 0.2) is 0 Å². The fourth-order valence-corrected chi connectivity index (χ4v) is 6.16. The number of amides is 1. The molecule has 0 saturated carbocycles. The van der Waals surface area contributed by atoms with E-state index in [1.165, 1.54) is 83.5 Å². The van der Waals surface area contributed by atoms with Crippen LogP contribution in [0.25, 0.3) is 0 Å².